The van der Waals surface area contributed by atoms with Crippen LogP contribution >= 0.6 is 11.6 Å². The SMILES string of the molecule is CCOC(=O)Cc1nccc(CCl)n1. The molecule has 1 aromatic rings. The Morgan fingerprint density at radius 1 is 1.64 bits per heavy atom. The van der Waals surface area contributed by atoms with Crippen LogP contribution in [0.5, 0.6) is 0 Å². The molecular weight excluding hydrogens is 204 g/mol. The number of alkyl halides is 1. The van der Waals surface area contributed by atoms with E-state index in [1.54, 1.807) is 19.2 Å². The first-order valence-corrected chi connectivity index (χ1v) is 4.82. The Morgan fingerprint density at radius 3 is 3.07 bits per heavy atom. The largest absolute Gasteiger partial charge is 0.466 e. The van der Waals surface area contributed by atoms with Crippen molar-refractivity contribution >= 4 is 17.6 Å². The van der Waals surface area contributed by atoms with Gasteiger partial charge >= 0.3 is 5.97 Å². The summed E-state index contributed by atoms with van der Waals surface area (Å²) in [6.45, 7) is 2.13. The van der Waals surface area contributed by atoms with Gasteiger partial charge in [-0.05, 0) is 13.0 Å². The third-order valence-electron chi connectivity index (χ3n) is 1.51. The van der Waals surface area contributed by atoms with Crippen molar-refractivity contribution in [2.75, 3.05) is 6.61 Å². The van der Waals surface area contributed by atoms with Gasteiger partial charge in [-0.3, -0.25) is 4.79 Å². The Hall–Kier alpha value is -1.16. The number of hydrogen-bond acceptors (Lipinski definition) is 4. The van der Waals surface area contributed by atoms with Gasteiger partial charge in [-0.15, -0.1) is 11.6 Å². The molecule has 0 aromatic carbocycles. The summed E-state index contributed by atoms with van der Waals surface area (Å²) in [4.78, 5) is 19.1. The van der Waals surface area contributed by atoms with Crippen LogP contribution in [0, 0.1) is 0 Å². The zero-order valence-electron chi connectivity index (χ0n) is 7.86. The third-order valence-corrected chi connectivity index (χ3v) is 1.78. The minimum atomic E-state index is -0.320. The summed E-state index contributed by atoms with van der Waals surface area (Å²) in [7, 11) is 0. The average molecular weight is 215 g/mol. The van der Waals surface area contributed by atoms with Gasteiger partial charge in [0.2, 0.25) is 0 Å². The molecule has 0 aliphatic rings. The Bertz CT molecular complexity index is 317. The lowest BCUT2D eigenvalue weighted by molar-refractivity contribution is -0.142. The lowest BCUT2D eigenvalue weighted by atomic mass is 10.3. The molecule has 0 fully saturated rings. The van der Waals surface area contributed by atoms with E-state index in [1.807, 2.05) is 0 Å². The van der Waals surface area contributed by atoms with Crippen LogP contribution in [0.3, 0.4) is 0 Å². The fraction of sp³-hybridized carbons (Fsp3) is 0.444. The second kappa shape index (κ2) is 5.54. The van der Waals surface area contributed by atoms with Crippen molar-refractivity contribution < 1.29 is 9.53 Å². The van der Waals surface area contributed by atoms with Crippen LogP contribution in [0.4, 0.5) is 0 Å². The number of carbonyl (C=O) groups is 1. The van der Waals surface area contributed by atoms with Crippen LogP contribution in [0.1, 0.15) is 18.4 Å². The molecule has 76 valence electrons. The van der Waals surface area contributed by atoms with Crippen LogP contribution in [0.25, 0.3) is 0 Å². The lowest BCUT2D eigenvalue weighted by Gasteiger charge is -2.01. The Balaban J connectivity index is 2.62. The lowest BCUT2D eigenvalue weighted by Crippen LogP contribution is -2.10. The van der Waals surface area contributed by atoms with Crippen molar-refractivity contribution in [2.24, 2.45) is 0 Å². The highest BCUT2D eigenvalue weighted by Crippen LogP contribution is 2.00. The first kappa shape index (κ1) is 10.9. The van der Waals surface area contributed by atoms with Crippen molar-refractivity contribution in [1.82, 2.24) is 9.97 Å². The normalized spacial score (nSPS) is 9.86. The fourth-order valence-electron chi connectivity index (χ4n) is 0.942. The molecule has 0 radical (unpaired) electrons. The smallest absolute Gasteiger partial charge is 0.313 e. The van der Waals surface area contributed by atoms with Gasteiger partial charge in [0.15, 0.2) is 0 Å². The van der Waals surface area contributed by atoms with Crippen LogP contribution in [-0.4, -0.2) is 22.5 Å². The molecule has 1 aromatic heterocycles. The molecular formula is C9H11ClN2O2. The Morgan fingerprint density at radius 2 is 2.43 bits per heavy atom. The predicted octanol–water partition coefficient (Wildman–Crippen LogP) is 1.32. The van der Waals surface area contributed by atoms with Gasteiger partial charge in [0, 0.05) is 6.20 Å². The van der Waals surface area contributed by atoms with Gasteiger partial charge in [-0.1, -0.05) is 0 Å². The summed E-state index contributed by atoms with van der Waals surface area (Å²) in [5.41, 5.74) is 0.709. The molecule has 5 heteroatoms. The van der Waals surface area contributed by atoms with Crippen LogP contribution < -0.4 is 0 Å². The maximum atomic E-state index is 11.1. The molecule has 0 spiro atoms. The van der Waals surface area contributed by atoms with Crippen LogP contribution in [0.15, 0.2) is 12.3 Å². The number of nitrogens with zero attached hydrogens (tertiary/aromatic N) is 2. The number of rotatable bonds is 4. The van der Waals surface area contributed by atoms with Crippen LogP contribution in [-0.2, 0) is 21.8 Å². The molecule has 1 heterocycles. The number of carbonyl (C=O) groups excluding carboxylic acids is 1. The topological polar surface area (TPSA) is 52.1 Å². The molecule has 0 bridgehead atoms. The molecule has 1 rings (SSSR count). The van der Waals surface area contributed by atoms with Crippen molar-refractivity contribution in [3.63, 3.8) is 0 Å². The van der Waals surface area contributed by atoms with Crippen molar-refractivity contribution in [3.05, 3.63) is 23.8 Å². The van der Waals surface area contributed by atoms with Gasteiger partial charge in [0.25, 0.3) is 0 Å². The van der Waals surface area contributed by atoms with E-state index >= 15 is 0 Å². The first-order chi connectivity index (χ1) is 6.76. The van der Waals surface area contributed by atoms with E-state index in [4.69, 9.17) is 16.3 Å². The van der Waals surface area contributed by atoms with Gasteiger partial charge in [0.1, 0.15) is 12.2 Å². The highest BCUT2D eigenvalue weighted by atomic mass is 35.5. The van der Waals surface area contributed by atoms with Gasteiger partial charge < -0.3 is 4.74 Å². The molecule has 14 heavy (non-hydrogen) atoms. The summed E-state index contributed by atoms with van der Waals surface area (Å²) in [6.07, 6.45) is 1.68. The number of aromatic nitrogens is 2. The molecule has 0 aliphatic carbocycles. The second-order valence-electron chi connectivity index (χ2n) is 2.58. The summed E-state index contributed by atoms with van der Waals surface area (Å²) >= 11 is 5.59. The van der Waals surface area contributed by atoms with E-state index in [0.29, 0.717) is 24.0 Å². The zero-order chi connectivity index (χ0) is 10.4. The van der Waals surface area contributed by atoms with Gasteiger partial charge in [-0.25, -0.2) is 9.97 Å². The van der Waals surface area contributed by atoms with Crippen molar-refractivity contribution in [2.45, 2.75) is 19.2 Å². The van der Waals surface area contributed by atoms with Gasteiger partial charge in [-0.2, -0.15) is 0 Å². The number of halogens is 1. The maximum Gasteiger partial charge on any atom is 0.313 e. The molecule has 0 N–H and O–H groups in total. The van der Waals surface area contributed by atoms with Crippen LogP contribution in [0.2, 0.25) is 0 Å². The highest BCUT2D eigenvalue weighted by Gasteiger charge is 2.06. The van der Waals surface area contributed by atoms with E-state index in [0.717, 1.165) is 0 Å². The van der Waals surface area contributed by atoms with E-state index in [1.165, 1.54) is 0 Å². The maximum absolute atomic E-state index is 11.1. The van der Waals surface area contributed by atoms with E-state index in [-0.39, 0.29) is 12.4 Å². The zero-order valence-corrected chi connectivity index (χ0v) is 8.62. The monoisotopic (exact) mass is 214 g/mol. The standard InChI is InChI=1S/C9H11ClN2O2/c1-2-14-9(13)5-8-11-4-3-7(6-10)12-8/h3-4H,2,5-6H2,1H3. The molecule has 0 saturated carbocycles. The fourth-order valence-corrected chi connectivity index (χ4v) is 1.09. The number of ether oxygens (including phenoxy) is 1. The Labute approximate surface area is 87.3 Å². The number of hydrogen-bond donors (Lipinski definition) is 0. The van der Waals surface area contributed by atoms with E-state index in [9.17, 15) is 4.79 Å². The summed E-state index contributed by atoms with van der Waals surface area (Å²) in [6, 6.07) is 1.71. The highest BCUT2D eigenvalue weighted by molar-refractivity contribution is 6.16. The third kappa shape index (κ3) is 3.30. The minimum absolute atomic E-state index is 0.0958. The van der Waals surface area contributed by atoms with Crippen molar-refractivity contribution in [1.29, 1.82) is 0 Å². The first-order valence-electron chi connectivity index (χ1n) is 4.28. The molecule has 0 amide bonds. The van der Waals surface area contributed by atoms with E-state index in [2.05, 4.69) is 9.97 Å². The quantitative estimate of drug-likeness (QED) is 0.560. The second-order valence-corrected chi connectivity index (χ2v) is 2.85. The van der Waals surface area contributed by atoms with Gasteiger partial charge in [0.05, 0.1) is 18.2 Å². The summed E-state index contributed by atoms with van der Waals surface area (Å²) < 4.78 is 4.77. The molecule has 0 aliphatic heterocycles. The van der Waals surface area contributed by atoms with E-state index < -0.39 is 0 Å². The molecule has 0 saturated heterocycles. The number of esters is 1. The summed E-state index contributed by atoms with van der Waals surface area (Å²) in [5, 5.41) is 0. The molecule has 0 atom stereocenters. The predicted molar refractivity (Wildman–Crippen MR) is 51.9 cm³/mol. The average Bonchev–Trinajstić information content (AvgIpc) is 2.18. The minimum Gasteiger partial charge on any atom is -0.466 e. The molecule has 0 unspecified atom stereocenters. The summed E-state index contributed by atoms with van der Waals surface area (Å²) in [5.74, 6) is 0.444. The molecule has 4 nitrogen and oxygen atoms in total. The van der Waals surface area contributed by atoms with Crippen molar-refractivity contribution in [3.8, 4) is 0 Å². The Kier molecular flexibility index (Phi) is 4.32.